The monoisotopic (exact) mass is 413 g/mol. The number of hydrogen-bond acceptors (Lipinski definition) is 6. The number of esters is 1. The summed E-state index contributed by atoms with van der Waals surface area (Å²) in [4.78, 5) is 23.4. The first kappa shape index (κ1) is 19.3. The van der Waals surface area contributed by atoms with Crippen LogP contribution in [0.25, 0.3) is 21.9 Å². The molecule has 0 saturated heterocycles. The molecule has 0 amide bonds. The zero-order chi connectivity index (χ0) is 21.4. The van der Waals surface area contributed by atoms with Gasteiger partial charge < -0.3 is 13.9 Å². The number of nitrogens with zero attached hydrogens (tertiary/aromatic N) is 1. The van der Waals surface area contributed by atoms with Crippen LogP contribution in [0.4, 0.5) is 14.5 Å². The van der Waals surface area contributed by atoms with E-state index in [1.54, 1.807) is 24.3 Å². The maximum absolute atomic E-state index is 12.8. The molecule has 4 rings (SSSR count). The number of halogens is 2. The third-order valence-electron chi connectivity index (χ3n) is 4.44. The quantitative estimate of drug-likeness (QED) is 0.182. The van der Waals surface area contributed by atoms with E-state index in [4.69, 9.17) is 9.15 Å². The number of carbonyl (C=O) groups is 1. The van der Waals surface area contributed by atoms with Crippen molar-refractivity contribution >= 4 is 33.6 Å². The summed E-state index contributed by atoms with van der Waals surface area (Å²) >= 11 is 0. The molecule has 4 aromatic rings. The van der Waals surface area contributed by atoms with Crippen molar-refractivity contribution in [3.63, 3.8) is 0 Å². The Kier molecular flexibility index (Phi) is 4.78. The van der Waals surface area contributed by atoms with E-state index in [0.717, 1.165) is 11.6 Å². The second-order valence-corrected chi connectivity index (χ2v) is 6.44. The fourth-order valence-electron chi connectivity index (χ4n) is 3.09. The van der Waals surface area contributed by atoms with Gasteiger partial charge in [-0.1, -0.05) is 17.7 Å². The van der Waals surface area contributed by atoms with Gasteiger partial charge in [-0.15, -0.1) is 0 Å². The molecule has 0 aliphatic heterocycles. The van der Waals surface area contributed by atoms with Crippen LogP contribution in [0, 0.1) is 17.0 Å². The van der Waals surface area contributed by atoms with Crippen molar-refractivity contribution in [2.24, 2.45) is 0 Å². The van der Waals surface area contributed by atoms with Gasteiger partial charge in [0.25, 0.3) is 5.69 Å². The molecule has 0 saturated carbocycles. The predicted octanol–water partition coefficient (Wildman–Crippen LogP) is 5.62. The zero-order valence-electron chi connectivity index (χ0n) is 15.4. The van der Waals surface area contributed by atoms with Gasteiger partial charge in [0.1, 0.15) is 11.3 Å². The molecule has 0 spiro atoms. The number of hydrogen-bond donors (Lipinski definition) is 0. The SMILES string of the molecule is Cc1ccc(OC(=O)c2ccc(OC(F)F)c3oc4ccc([N+](=O)[O-])cc4c23)cc1. The van der Waals surface area contributed by atoms with Gasteiger partial charge in [-0.2, -0.15) is 8.78 Å². The molecular formula is C21H13F2NO6. The van der Waals surface area contributed by atoms with Gasteiger partial charge in [0.05, 0.1) is 10.5 Å². The number of carbonyl (C=O) groups excluding carboxylic acids is 1. The van der Waals surface area contributed by atoms with Crippen LogP contribution in [0.3, 0.4) is 0 Å². The fourth-order valence-corrected chi connectivity index (χ4v) is 3.09. The van der Waals surface area contributed by atoms with Gasteiger partial charge in [0.15, 0.2) is 11.3 Å². The highest BCUT2D eigenvalue weighted by molar-refractivity contribution is 6.17. The summed E-state index contributed by atoms with van der Waals surface area (Å²) in [5.41, 5.74) is 0.753. The van der Waals surface area contributed by atoms with E-state index in [1.807, 2.05) is 6.92 Å². The molecule has 0 aliphatic rings. The van der Waals surface area contributed by atoms with Gasteiger partial charge in [-0.3, -0.25) is 10.1 Å². The van der Waals surface area contributed by atoms with Crippen molar-refractivity contribution in [2.45, 2.75) is 13.5 Å². The number of non-ortho nitro benzene ring substituents is 1. The molecule has 1 heterocycles. The Balaban J connectivity index is 1.90. The molecule has 7 nitrogen and oxygen atoms in total. The van der Waals surface area contributed by atoms with Crippen LogP contribution >= 0.6 is 0 Å². The minimum absolute atomic E-state index is 0.00793. The summed E-state index contributed by atoms with van der Waals surface area (Å²) in [7, 11) is 0. The minimum atomic E-state index is -3.12. The number of alkyl halides is 2. The molecular weight excluding hydrogens is 400 g/mol. The molecule has 9 heteroatoms. The number of ether oxygens (including phenoxy) is 2. The first-order chi connectivity index (χ1) is 14.3. The summed E-state index contributed by atoms with van der Waals surface area (Å²) in [6, 6.07) is 12.9. The van der Waals surface area contributed by atoms with Crippen LogP contribution < -0.4 is 9.47 Å². The lowest BCUT2D eigenvalue weighted by molar-refractivity contribution is -0.384. The molecule has 0 atom stereocenters. The third-order valence-corrected chi connectivity index (χ3v) is 4.44. The van der Waals surface area contributed by atoms with E-state index in [-0.39, 0.29) is 44.7 Å². The summed E-state index contributed by atoms with van der Waals surface area (Å²) in [5, 5.41) is 11.5. The second-order valence-electron chi connectivity index (χ2n) is 6.44. The highest BCUT2D eigenvalue weighted by Gasteiger charge is 2.24. The van der Waals surface area contributed by atoms with Crippen molar-refractivity contribution in [2.75, 3.05) is 0 Å². The largest absolute Gasteiger partial charge is 0.452 e. The lowest BCUT2D eigenvalue weighted by atomic mass is 10.1. The van der Waals surface area contributed by atoms with Crippen LogP contribution in [0.5, 0.6) is 11.5 Å². The Labute approximate surface area is 167 Å². The topological polar surface area (TPSA) is 91.8 Å². The molecule has 0 N–H and O–H groups in total. The van der Waals surface area contributed by atoms with Gasteiger partial charge >= 0.3 is 12.6 Å². The van der Waals surface area contributed by atoms with E-state index in [0.29, 0.717) is 0 Å². The Bertz CT molecular complexity index is 1280. The highest BCUT2D eigenvalue weighted by atomic mass is 19.3. The van der Waals surface area contributed by atoms with Crippen LogP contribution in [-0.2, 0) is 0 Å². The summed E-state index contributed by atoms with van der Waals surface area (Å²) in [5.74, 6) is -0.794. The highest BCUT2D eigenvalue weighted by Crippen LogP contribution is 2.39. The normalized spacial score (nSPS) is 11.2. The van der Waals surface area contributed by atoms with E-state index >= 15 is 0 Å². The van der Waals surface area contributed by atoms with Crippen LogP contribution in [0.1, 0.15) is 15.9 Å². The maximum Gasteiger partial charge on any atom is 0.387 e. The molecule has 0 fully saturated rings. The zero-order valence-corrected chi connectivity index (χ0v) is 15.4. The predicted molar refractivity (Wildman–Crippen MR) is 103 cm³/mol. The van der Waals surface area contributed by atoms with Crippen LogP contribution in [-0.4, -0.2) is 17.5 Å². The summed E-state index contributed by atoms with van der Waals surface area (Å²) < 4.78 is 41.1. The van der Waals surface area contributed by atoms with Gasteiger partial charge in [0.2, 0.25) is 0 Å². The standard InChI is InChI=1S/C21H13F2NO6/c1-11-2-5-13(6-3-11)28-20(25)14-7-9-17(30-21(22)23)19-18(14)15-10-12(24(26)27)4-8-16(15)29-19/h2-10,21H,1H3. The Morgan fingerprint density at radius 1 is 1.10 bits per heavy atom. The van der Waals surface area contributed by atoms with Crippen molar-refractivity contribution in [3.8, 4) is 11.5 Å². The first-order valence-corrected chi connectivity index (χ1v) is 8.71. The molecule has 3 aromatic carbocycles. The van der Waals surface area contributed by atoms with Gasteiger partial charge in [-0.05, 0) is 37.3 Å². The smallest absolute Gasteiger partial charge is 0.387 e. The third kappa shape index (κ3) is 3.52. The number of aryl methyl sites for hydroxylation is 1. The molecule has 1 aromatic heterocycles. The Hall–Kier alpha value is -4.01. The van der Waals surface area contributed by atoms with Gasteiger partial charge in [-0.25, -0.2) is 4.79 Å². The average Bonchev–Trinajstić information content (AvgIpc) is 3.09. The molecule has 0 unspecified atom stereocenters. The molecule has 0 aliphatic carbocycles. The van der Waals surface area contributed by atoms with E-state index < -0.39 is 17.5 Å². The molecule has 152 valence electrons. The summed E-state index contributed by atoms with van der Waals surface area (Å²) in [6.07, 6.45) is 0. The number of nitro groups is 1. The molecule has 0 radical (unpaired) electrons. The number of benzene rings is 3. The number of fused-ring (bicyclic) bond motifs is 3. The van der Waals surface area contributed by atoms with Crippen molar-refractivity contribution in [1.29, 1.82) is 0 Å². The first-order valence-electron chi connectivity index (χ1n) is 8.71. The molecule has 0 bridgehead atoms. The Morgan fingerprint density at radius 3 is 2.50 bits per heavy atom. The van der Waals surface area contributed by atoms with E-state index in [1.165, 1.54) is 24.3 Å². The minimum Gasteiger partial charge on any atom is -0.452 e. The number of nitro benzene ring substituents is 1. The van der Waals surface area contributed by atoms with E-state index in [2.05, 4.69) is 4.74 Å². The lowest BCUT2D eigenvalue weighted by Crippen LogP contribution is -2.09. The summed E-state index contributed by atoms with van der Waals surface area (Å²) in [6.45, 7) is -1.25. The van der Waals surface area contributed by atoms with Crippen molar-refractivity contribution in [3.05, 3.63) is 75.8 Å². The van der Waals surface area contributed by atoms with Crippen molar-refractivity contribution < 1.29 is 32.4 Å². The number of furan rings is 1. The second kappa shape index (κ2) is 7.43. The lowest BCUT2D eigenvalue weighted by Gasteiger charge is -2.09. The van der Waals surface area contributed by atoms with Crippen molar-refractivity contribution in [1.82, 2.24) is 0 Å². The average molecular weight is 413 g/mol. The van der Waals surface area contributed by atoms with Crippen LogP contribution in [0.15, 0.2) is 59.0 Å². The van der Waals surface area contributed by atoms with Crippen LogP contribution in [0.2, 0.25) is 0 Å². The fraction of sp³-hybridized carbons (Fsp3) is 0.0952. The maximum atomic E-state index is 12.8. The molecule has 30 heavy (non-hydrogen) atoms. The number of rotatable bonds is 5. The van der Waals surface area contributed by atoms with Gasteiger partial charge in [0, 0.05) is 22.9 Å². The Morgan fingerprint density at radius 2 is 1.83 bits per heavy atom. The van der Waals surface area contributed by atoms with E-state index in [9.17, 15) is 23.7 Å².